The third-order valence-electron chi connectivity index (χ3n) is 4.19. The van der Waals surface area contributed by atoms with Gasteiger partial charge in [-0.1, -0.05) is 30.3 Å². The molecule has 1 saturated heterocycles. The smallest absolute Gasteiger partial charge is 0.322 e. The van der Waals surface area contributed by atoms with E-state index in [4.69, 9.17) is 9.47 Å². The van der Waals surface area contributed by atoms with Crippen LogP contribution in [0, 0.1) is 0 Å². The third-order valence-corrected chi connectivity index (χ3v) is 4.19. The van der Waals surface area contributed by atoms with E-state index >= 15 is 0 Å². The molecule has 5 heteroatoms. The molecule has 1 fully saturated rings. The highest BCUT2D eigenvalue weighted by molar-refractivity contribution is 5.97. The number of fused-ring (bicyclic) bond motifs is 3. The number of ether oxygens (including phenoxy) is 2. The number of nitrogens with one attached hydrogen (secondary N) is 1. The van der Waals surface area contributed by atoms with E-state index in [1.54, 1.807) is 12.0 Å². The van der Waals surface area contributed by atoms with Gasteiger partial charge in [-0.3, -0.25) is 4.90 Å². The van der Waals surface area contributed by atoms with Crippen LogP contribution in [-0.4, -0.2) is 25.7 Å². The van der Waals surface area contributed by atoms with Gasteiger partial charge < -0.3 is 14.8 Å². The molecule has 0 bridgehead atoms. The Bertz CT molecular complexity index is 731. The summed E-state index contributed by atoms with van der Waals surface area (Å²) >= 11 is 0. The number of anilines is 1. The zero-order valence-electron chi connectivity index (χ0n) is 12.2. The van der Waals surface area contributed by atoms with Crippen molar-refractivity contribution in [3.8, 4) is 11.5 Å². The van der Waals surface area contributed by atoms with E-state index in [2.05, 4.69) is 5.32 Å². The summed E-state index contributed by atoms with van der Waals surface area (Å²) in [5.41, 5.74) is 1.76. The number of para-hydroxylation sites is 3. The molecule has 2 aromatic rings. The van der Waals surface area contributed by atoms with Gasteiger partial charge in [0.25, 0.3) is 0 Å². The van der Waals surface area contributed by atoms with Gasteiger partial charge in [-0.05, 0) is 18.2 Å². The number of carbonyl (C=O) groups is 1. The highest BCUT2D eigenvalue weighted by Crippen LogP contribution is 2.44. The molecule has 2 heterocycles. The van der Waals surface area contributed by atoms with E-state index in [-0.39, 0.29) is 18.2 Å². The van der Waals surface area contributed by atoms with Crippen molar-refractivity contribution in [3.05, 3.63) is 54.1 Å². The molecule has 0 saturated carbocycles. The molecular weight excluding hydrogens is 280 g/mol. The van der Waals surface area contributed by atoms with Gasteiger partial charge in [0.15, 0.2) is 0 Å². The molecule has 2 aliphatic heterocycles. The number of nitrogens with zero attached hydrogens (tertiary/aromatic N) is 1. The number of benzene rings is 2. The minimum absolute atomic E-state index is 0.0827. The first-order valence-corrected chi connectivity index (χ1v) is 7.25. The number of amides is 2. The highest BCUT2D eigenvalue weighted by atomic mass is 16.5. The maximum Gasteiger partial charge on any atom is 0.322 e. The van der Waals surface area contributed by atoms with Crippen LogP contribution in [0.3, 0.4) is 0 Å². The standard InChI is InChI=1S/C17H16N2O3/c1-21-14-8-4-2-6-11(14)16-13-10-18-17(20)19(13)12-7-3-5-9-15(12)22-16/h2-9,13,16H,10H2,1H3,(H,18,20). The maximum atomic E-state index is 12.2. The first-order valence-electron chi connectivity index (χ1n) is 7.25. The van der Waals surface area contributed by atoms with Crippen molar-refractivity contribution >= 4 is 11.7 Å². The molecule has 0 aromatic heterocycles. The lowest BCUT2D eigenvalue weighted by atomic mass is 9.98. The van der Waals surface area contributed by atoms with Gasteiger partial charge in [0, 0.05) is 12.1 Å². The van der Waals surface area contributed by atoms with Crippen molar-refractivity contribution in [2.24, 2.45) is 0 Å². The number of hydrogen-bond donors (Lipinski definition) is 1. The van der Waals surface area contributed by atoms with Crippen LogP contribution in [0.15, 0.2) is 48.5 Å². The van der Waals surface area contributed by atoms with E-state index in [9.17, 15) is 4.79 Å². The third kappa shape index (κ3) is 1.82. The quantitative estimate of drug-likeness (QED) is 0.927. The van der Waals surface area contributed by atoms with Crippen molar-refractivity contribution in [1.29, 1.82) is 0 Å². The molecule has 22 heavy (non-hydrogen) atoms. The highest BCUT2D eigenvalue weighted by Gasteiger charge is 2.44. The number of hydrogen-bond acceptors (Lipinski definition) is 3. The van der Waals surface area contributed by atoms with Crippen molar-refractivity contribution in [3.63, 3.8) is 0 Å². The predicted octanol–water partition coefficient (Wildman–Crippen LogP) is 2.73. The van der Waals surface area contributed by atoms with Crippen LogP contribution < -0.4 is 19.7 Å². The Morgan fingerprint density at radius 1 is 1.18 bits per heavy atom. The summed E-state index contributed by atoms with van der Waals surface area (Å²) in [6, 6.07) is 15.2. The summed E-state index contributed by atoms with van der Waals surface area (Å²) in [5.74, 6) is 1.48. The second kappa shape index (κ2) is 4.94. The number of methoxy groups -OCH3 is 1. The zero-order valence-corrected chi connectivity index (χ0v) is 12.2. The Labute approximate surface area is 128 Å². The monoisotopic (exact) mass is 296 g/mol. The fraction of sp³-hybridized carbons (Fsp3) is 0.235. The van der Waals surface area contributed by atoms with Crippen LogP contribution >= 0.6 is 0 Å². The van der Waals surface area contributed by atoms with Crippen LogP contribution in [0.4, 0.5) is 10.5 Å². The van der Waals surface area contributed by atoms with Gasteiger partial charge in [0.1, 0.15) is 17.6 Å². The average molecular weight is 296 g/mol. The maximum absolute atomic E-state index is 12.2. The molecule has 2 amide bonds. The summed E-state index contributed by atoms with van der Waals surface area (Å²) in [5, 5.41) is 2.91. The molecule has 0 radical (unpaired) electrons. The SMILES string of the molecule is COc1ccccc1C1Oc2ccccc2N2C(=O)NCC12. The van der Waals surface area contributed by atoms with Crippen molar-refractivity contribution < 1.29 is 14.3 Å². The largest absolute Gasteiger partial charge is 0.496 e. The summed E-state index contributed by atoms with van der Waals surface area (Å²) in [6.45, 7) is 0.551. The van der Waals surface area contributed by atoms with Crippen molar-refractivity contribution in [2.45, 2.75) is 12.1 Å². The van der Waals surface area contributed by atoms with Crippen molar-refractivity contribution in [2.75, 3.05) is 18.6 Å². The molecule has 4 rings (SSSR count). The normalized spacial score (nSPS) is 22.4. The van der Waals surface area contributed by atoms with Crippen LogP contribution in [0.2, 0.25) is 0 Å². The minimum atomic E-state index is -0.259. The lowest BCUT2D eigenvalue weighted by Gasteiger charge is -2.37. The van der Waals surface area contributed by atoms with Crippen LogP contribution in [-0.2, 0) is 0 Å². The Hall–Kier alpha value is -2.69. The van der Waals surface area contributed by atoms with E-state index in [1.165, 1.54) is 0 Å². The van der Waals surface area contributed by atoms with Gasteiger partial charge in [-0.2, -0.15) is 0 Å². The molecule has 2 aromatic carbocycles. The van der Waals surface area contributed by atoms with E-state index in [1.807, 2.05) is 48.5 Å². The van der Waals surface area contributed by atoms with E-state index in [0.29, 0.717) is 12.3 Å². The van der Waals surface area contributed by atoms with Gasteiger partial charge in [0.05, 0.1) is 18.8 Å². The van der Waals surface area contributed by atoms with Gasteiger partial charge >= 0.3 is 6.03 Å². The zero-order chi connectivity index (χ0) is 15.1. The van der Waals surface area contributed by atoms with Crippen LogP contribution in [0.5, 0.6) is 11.5 Å². The molecule has 2 atom stereocenters. The predicted molar refractivity (Wildman–Crippen MR) is 82.5 cm³/mol. The van der Waals surface area contributed by atoms with E-state index < -0.39 is 0 Å². The summed E-state index contributed by atoms with van der Waals surface area (Å²) in [7, 11) is 1.64. The molecule has 0 spiro atoms. The molecule has 1 N–H and O–H groups in total. The Morgan fingerprint density at radius 3 is 2.82 bits per heavy atom. The first kappa shape index (κ1) is 13.0. The number of carbonyl (C=O) groups excluding carboxylic acids is 1. The first-order chi connectivity index (χ1) is 10.8. The Morgan fingerprint density at radius 2 is 1.95 bits per heavy atom. The van der Waals surface area contributed by atoms with Crippen molar-refractivity contribution in [1.82, 2.24) is 5.32 Å². The average Bonchev–Trinajstić information content (AvgIpc) is 2.96. The molecular formula is C17H16N2O3. The van der Waals surface area contributed by atoms with Gasteiger partial charge in [0.2, 0.25) is 0 Å². The number of urea groups is 1. The minimum Gasteiger partial charge on any atom is -0.496 e. The topological polar surface area (TPSA) is 50.8 Å². The second-order valence-corrected chi connectivity index (χ2v) is 5.37. The van der Waals surface area contributed by atoms with Gasteiger partial charge in [-0.15, -0.1) is 0 Å². The Balaban J connectivity index is 1.84. The second-order valence-electron chi connectivity index (χ2n) is 5.37. The molecule has 2 aliphatic rings. The fourth-order valence-corrected chi connectivity index (χ4v) is 3.19. The fourth-order valence-electron chi connectivity index (χ4n) is 3.19. The molecule has 112 valence electrons. The summed E-state index contributed by atoms with van der Waals surface area (Å²) in [4.78, 5) is 14.0. The lowest BCUT2D eigenvalue weighted by Crippen LogP contribution is -2.43. The number of rotatable bonds is 2. The van der Waals surface area contributed by atoms with Crippen LogP contribution in [0.1, 0.15) is 11.7 Å². The molecule has 0 aliphatic carbocycles. The summed E-state index contributed by atoms with van der Waals surface area (Å²) < 4.78 is 11.7. The molecule has 2 unspecified atom stereocenters. The Kier molecular flexibility index (Phi) is 2.92. The van der Waals surface area contributed by atoms with E-state index in [0.717, 1.165) is 17.0 Å². The molecule has 5 nitrogen and oxygen atoms in total. The lowest BCUT2D eigenvalue weighted by molar-refractivity contribution is 0.161. The van der Waals surface area contributed by atoms with Gasteiger partial charge in [-0.25, -0.2) is 4.79 Å². The summed E-state index contributed by atoms with van der Waals surface area (Å²) in [6.07, 6.45) is -0.259. The van der Waals surface area contributed by atoms with Crippen LogP contribution in [0.25, 0.3) is 0 Å².